The fraction of sp³-hybridized carbons (Fsp3) is 0.259. The summed E-state index contributed by atoms with van der Waals surface area (Å²) in [5.41, 5.74) is 4.46. The zero-order valence-corrected chi connectivity index (χ0v) is 19.1. The number of ether oxygens (including phenoxy) is 3. The maximum absolute atomic E-state index is 12.3. The molecule has 0 heterocycles. The lowest BCUT2D eigenvalue weighted by atomic mass is 10.2. The van der Waals surface area contributed by atoms with Crippen LogP contribution in [0, 0.1) is 0 Å². The highest BCUT2D eigenvalue weighted by molar-refractivity contribution is 5.84. The van der Waals surface area contributed by atoms with E-state index in [4.69, 9.17) is 14.2 Å². The Morgan fingerprint density at radius 1 is 0.909 bits per heavy atom. The fourth-order valence-electron chi connectivity index (χ4n) is 2.86. The van der Waals surface area contributed by atoms with E-state index in [1.807, 2.05) is 66.7 Å². The van der Waals surface area contributed by atoms with Crippen molar-refractivity contribution in [3.05, 3.63) is 90.0 Å². The Kier molecular flexibility index (Phi) is 9.33. The average Bonchev–Trinajstić information content (AvgIpc) is 2.85. The summed E-state index contributed by atoms with van der Waals surface area (Å²) in [5.74, 6) is 1.79. The molecule has 0 unspecified atom stereocenters. The predicted molar refractivity (Wildman–Crippen MR) is 130 cm³/mol. The van der Waals surface area contributed by atoms with Gasteiger partial charge in [0.1, 0.15) is 23.9 Å². The Labute approximate surface area is 195 Å². The number of hydrazone groups is 1. The molecule has 3 rings (SSSR count). The molecule has 0 radical (unpaired) electrons. The van der Waals surface area contributed by atoms with E-state index in [1.54, 1.807) is 25.3 Å². The molecule has 6 nitrogen and oxygen atoms in total. The van der Waals surface area contributed by atoms with Crippen molar-refractivity contribution in [3.8, 4) is 17.2 Å². The molecule has 0 aliphatic rings. The lowest BCUT2D eigenvalue weighted by Gasteiger charge is -2.13. The average molecular weight is 447 g/mol. The molecule has 0 aromatic heterocycles. The molecular formula is C27H30N2O4. The van der Waals surface area contributed by atoms with E-state index >= 15 is 0 Å². The molecular weight excluding hydrogens is 416 g/mol. The van der Waals surface area contributed by atoms with Crippen LogP contribution in [-0.4, -0.2) is 24.8 Å². The van der Waals surface area contributed by atoms with E-state index in [0.717, 1.165) is 35.5 Å². The molecule has 0 saturated heterocycles. The van der Waals surface area contributed by atoms with Crippen molar-refractivity contribution in [2.75, 3.05) is 6.61 Å². The van der Waals surface area contributed by atoms with Gasteiger partial charge < -0.3 is 14.2 Å². The first-order chi connectivity index (χ1) is 16.1. The van der Waals surface area contributed by atoms with Crippen molar-refractivity contribution in [1.29, 1.82) is 0 Å². The normalized spacial score (nSPS) is 11.7. The Bertz CT molecular complexity index is 1000. The number of nitrogens with zero attached hydrogens (tertiary/aromatic N) is 1. The maximum atomic E-state index is 12.3. The molecule has 0 fully saturated rings. The van der Waals surface area contributed by atoms with Gasteiger partial charge in [-0.15, -0.1) is 0 Å². The molecule has 172 valence electrons. The number of hydrogen-bond donors (Lipinski definition) is 1. The van der Waals surface area contributed by atoms with Crippen LogP contribution in [0.3, 0.4) is 0 Å². The fourth-order valence-corrected chi connectivity index (χ4v) is 2.86. The molecule has 1 amide bonds. The minimum atomic E-state index is -0.701. The van der Waals surface area contributed by atoms with E-state index in [9.17, 15) is 4.79 Å². The molecule has 1 N–H and O–H groups in total. The summed E-state index contributed by atoms with van der Waals surface area (Å²) in [5, 5.41) is 4.01. The number of rotatable bonds is 12. The van der Waals surface area contributed by atoms with Gasteiger partial charge in [-0.05, 0) is 73.0 Å². The van der Waals surface area contributed by atoms with Crippen molar-refractivity contribution in [1.82, 2.24) is 5.43 Å². The topological polar surface area (TPSA) is 69.2 Å². The van der Waals surface area contributed by atoms with Crippen molar-refractivity contribution in [2.24, 2.45) is 5.10 Å². The number of benzene rings is 3. The zero-order chi connectivity index (χ0) is 23.3. The summed E-state index contributed by atoms with van der Waals surface area (Å²) < 4.78 is 17.1. The number of nitrogens with one attached hydrogen (secondary N) is 1. The van der Waals surface area contributed by atoms with Crippen LogP contribution >= 0.6 is 0 Å². The minimum Gasteiger partial charge on any atom is -0.494 e. The van der Waals surface area contributed by atoms with Gasteiger partial charge in [0.25, 0.3) is 5.91 Å². The summed E-state index contributed by atoms with van der Waals surface area (Å²) >= 11 is 0. The van der Waals surface area contributed by atoms with Gasteiger partial charge >= 0.3 is 0 Å². The van der Waals surface area contributed by atoms with Crippen LogP contribution in [0.1, 0.15) is 37.8 Å². The van der Waals surface area contributed by atoms with Crippen LogP contribution in [0.4, 0.5) is 0 Å². The van der Waals surface area contributed by atoms with Crippen molar-refractivity contribution in [3.63, 3.8) is 0 Å². The van der Waals surface area contributed by atoms with Crippen molar-refractivity contribution in [2.45, 2.75) is 39.4 Å². The minimum absolute atomic E-state index is 0.338. The zero-order valence-electron chi connectivity index (χ0n) is 19.1. The van der Waals surface area contributed by atoms with Gasteiger partial charge in [0.05, 0.1) is 12.8 Å². The maximum Gasteiger partial charge on any atom is 0.280 e. The number of hydrogen-bond acceptors (Lipinski definition) is 5. The van der Waals surface area contributed by atoms with E-state index in [0.29, 0.717) is 19.0 Å². The number of amides is 1. The third kappa shape index (κ3) is 8.33. The van der Waals surface area contributed by atoms with Gasteiger partial charge in [-0.3, -0.25) is 4.79 Å². The molecule has 0 saturated carbocycles. The summed E-state index contributed by atoms with van der Waals surface area (Å²) in [6, 6.07) is 24.7. The second-order valence-corrected chi connectivity index (χ2v) is 7.51. The molecule has 3 aromatic rings. The van der Waals surface area contributed by atoms with Crippen LogP contribution in [-0.2, 0) is 11.4 Å². The van der Waals surface area contributed by atoms with Gasteiger partial charge in [-0.2, -0.15) is 5.10 Å². The van der Waals surface area contributed by atoms with Gasteiger partial charge in [-0.25, -0.2) is 5.43 Å². The van der Waals surface area contributed by atoms with Gasteiger partial charge in [0, 0.05) is 0 Å². The Balaban J connectivity index is 1.41. The van der Waals surface area contributed by atoms with Crippen molar-refractivity contribution >= 4 is 12.1 Å². The van der Waals surface area contributed by atoms with E-state index < -0.39 is 6.10 Å². The number of carbonyl (C=O) groups excluding carboxylic acids is 1. The second-order valence-electron chi connectivity index (χ2n) is 7.51. The smallest absolute Gasteiger partial charge is 0.280 e. The number of unbranched alkanes of at least 4 members (excludes halogenated alkanes) is 1. The first-order valence-electron chi connectivity index (χ1n) is 11.1. The molecule has 1 atom stereocenters. The summed E-state index contributed by atoms with van der Waals surface area (Å²) in [7, 11) is 0. The Morgan fingerprint density at radius 3 is 2.24 bits per heavy atom. The third-order valence-corrected chi connectivity index (χ3v) is 4.79. The molecule has 33 heavy (non-hydrogen) atoms. The molecule has 3 aromatic carbocycles. The largest absolute Gasteiger partial charge is 0.494 e. The predicted octanol–water partition coefficient (Wildman–Crippen LogP) is 5.36. The SMILES string of the molecule is CCCCOc1ccc(/C=N\NC(=O)[C@H](C)Oc2ccc(OCc3ccccc3)cc2)cc1. The third-order valence-electron chi connectivity index (χ3n) is 4.79. The highest BCUT2D eigenvalue weighted by Gasteiger charge is 2.14. The quantitative estimate of drug-likeness (QED) is 0.231. The van der Waals surface area contributed by atoms with E-state index in [2.05, 4.69) is 17.5 Å². The number of carbonyl (C=O) groups is 1. The monoisotopic (exact) mass is 446 g/mol. The van der Waals surface area contributed by atoms with Gasteiger partial charge in [0.15, 0.2) is 6.10 Å². The lowest BCUT2D eigenvalue weighted by molar-refractivity contribution is -0.127. The highest BCUT2D eigenvalue weighted by atomic mass is 16.5. The van der Waals surface area contributed by atoms with Crippen LogP contribution in [0.2, 0.25) is 0 Å². The van der Waals surface area contributed by atoms with Gasteiger partial charge in [-0.1, -0.05) is 43.7 Å². The van der Waals surface area contributed by atoms with Gasteiger partial charge in [0.2, 0.25) is 0 Å². The van der Waals surface area contributed by atoms with Crippen LogP contribution in [0.25, 0.3) is 0 Å². The summed E-state index contributed by atoms with van der Waals surface area (Å²) in [6.07, 6.45) is 3.01. The van der Waals surface area contributed by atoms with E-state index in [1.165, 1.54) is 0 Å². The molecule has 6 heteroatoms. The lowest BCUT2D eigenvalue weighted by Crippen LogP contribution is -2.33. The first-order valence-corrected chi connectivity index (χ1v) is 11.1. The van der Waals surface area contributed by atoms with E-state index in [-0.39, 0.29) is 5.91 Å². The molecule has 0 aliphatic heterocycles. The first kappa shape index (κ1) is 23.9. The molecule has 0 spiro atoms. The molecule has 0 aliphatic carbocycles. The van der Waals surface area contributed by atoms with Crippen LogP contribution < -0.4 is 19.6 Å². The summed E-state index contributed by atoms with van der Waals surface area (Å²) in [4.78, 5) is 12.3. The van der Waals surface area contributed by atoms with Crippen molar-refractivity contribution < 1.29 is 19.0 Å². The summed E-state index contributed by atoms with van der Waals surface area (Å²) in [6.45, 7) is 5.00. The standard InChI is InChI=1S/C27H30N2O4/c1-3-4-18-31-24-12-10-22(11-13-24)19-28-29-27(30)21(2)33-26-16-14-25(15-17-26)32-20-23-8-6-5-7-9-23/h5-17,19,21H,3-4,18,20H2,1-2H3,(H,29,30)/b28-19-/t21-/m0/s1. The highest BCUT2D eigenvalue weighted by Crippen LogP contribution is 2.20. The Morgan fingerprint density at radius 2 is 1.55 bits per heavy atom. The molecule has 0 bridgehead atoms. The van der Waals surface area contributed by atoms with Crippen LogP contribution in [0.15, 0.2) is 84.0 Å². The van der Waals surface area contributed by atoms with Crippen LogP contribution in [0.5, 0.6) is 17.2 Å². The second kappa shape index (κ2) is 12.9. The Hall–Kier alpha value is -3.80.